The minimum Gasteiger partial charge on any atom is -0.481 e. The first-order valence-electron chi connectivity index (χ1n) is 10.6. The van der Waals surface area contributed by atoms with Gasteiger partial charge in [-0.05, 0) is 31.2 Å². The number of likely N-dealkylation sites (N-methyl/N-ethyl adjacent to an activating group) is 1. The maximum Gasteiger partial charge on any atom is 0.246 e. The molecule has 2 N–H and O–H groups in total. The van der Waals surface area contributed by atoms with Crippen LogP contribution in [0.3, 0.4) is 0 Å². The van der Waals surface area contributed by atoms with E-state index in [9.17, 15) is 4.79 Å². The van der Waals surface area contributed by atoms with Crippen molar-refractivity contribution >= 4 is 22.8 Å². The minimum atomic E-state index is 0.0460. The number of hydrogen-bond donors (Lipinski definition) is 2. The average Bonchev–Trinajstić information content (AvgIpc) is 3.26. The second-order valence-electron chi connectivity index (χ2n) is 7.32. The lowest BCUT2D eigenvalue weighted by Gasteiger charge is -2.35. The van der Waals surface area contributed by atoms with Crippen LogP contribution in [-0.4, -0.2) is 72.1 Å². The molecule has 3 heterocycles. The quantitative estimate of drug-likeness (QED) is 0.458. The lowest BCUT2D eigenvalue weighted by Crippen LogP contribution is -2.48. The Hall–Kier alpha value is -3.83. The number of aromatic nitrogens is 3. The molecule has 1 aliphatic rings. The zero-order valence-corrected chi connectivity index (χ0v) is 18.0. The lowest BCUT2D eigenvalue weighted by molar-refractivity contribution is -0.126. The zero-order chi connectivity index (χ0) is 22.2. The van der Waals surface area contributed by atoms with Gasteiger partial charge in [-0.3, -0.25) is 4.79 Å². The number of ether oxygens (including phenoxy) is 1. The normalized spacial score (nSPS) is 13.9. The largest absolute Gasteiger partial charge is 0.481 e. The maximum atomic E-state index is 12.3. The Morgan fingerprint density at radius 2 is 2.03 bits per heavy atom. The van der Waals surface area contributed by atoms with Crippen LogP contribution in [-0.2, 0) is 4.79 Å². The standard InChI is InChI=1S/C24H26N6O2/c1-25-11-5-10-22(31)29-12-14-30(15-13-29)24-21-17-19(28-23(21)26-18-27-24)7-6-16-32-20-8-3-2-4-9-20/h2-5,8-10,17-18,25H,11-16H2,1H3,(H,26,27,28)/b10-5+. The summed E-state index contributed by atoms with van der Waals surface area (Å²) in [7, 11) is 1.85. The number of fused-ring (bicyclic) bond motifs is 1. The van der Waals surface area contributed by atoms with Gasteiger partial charge in [-0.2, -0.15) is 0 Å². The number of rotatable bonds is 6. The number of carbonyl (C=O) groups is 1. The molecule has 32 heavy (non-hydrogen) atoms. The molecular weight excluding hydrogens is 404 g/mol. The van der Waals surface area contributed by atoms with Crippen LogP contribution in [0.5, 0.6) is 5.75 Å². The molecule has 2 aromatic heterocycles. The average molecular weight is 431 g/mol. The van der Waals surface area contributed by atoms with Gasteiger partial charge in [0.2, 0.25) is 5.91 Å². The Morgan fingerprint density at radius 3 is 2.81 bits per heavy atom. The number of nitrogens with one attached hydrogen (secondary N) is 2. The number of anilines is 1. The van der Waals surface area contributed by atoms with E-state index in [0.29, 0.717) is 26.2 Å². The van der Waals surface area contributed by atoms with E-state index in [1.54, 1.807) is 12.4 Å². The van der Waals surface area contributed by atoms with Gasteiger partial charge in [0, 0.05) is 38.8 Å². The van der Waals surface area contributed by atoms with Gasteiger partial charge in [0.25, 0.3) is 0 Å². The van der Waals surface area contributed by atoms with Crippen LogP contribution in [0.2, 0.25) is 0 Å². The molecule has 1 aromatic carbocycles. The molecule has 1 aliphatic heterocycles. The van der Waals surface area contributed by atoms with Gasteiger partial charge in [-0.15, -0.1) is 0 Å². The summed E-state index contributed by atoms with van der Waals surface area (Å²) in [5.41, 5.74) is 1.51. The molecule has 0 spiro atoms. The van der Waals surface area contributed by atoms with Crippen molar-refractivity contribution in [2.24, 2.45) is 0 Å². The van der Waals surface area contributed by atoms with E-state index in [1.165, 1.54) is 0 Å². The number of H-pyrrole nitrogens is 1. The summed E-state index contributed by atoms with van der Waals surface area (Å²) in [6, 6.07) is 11.6. The number of benzene rings is 1. The fraction of sp³-hybridized carbons (Fsp3) is 0.292. The van der Waals surface area contributed by atoms with Crippen LogP contribution in [0, 0.1) is 11.8 Å². The van der Waals surface area contributed by atoms with E-state index in [2.05, 4.69) is 37.0 Å². The molecule has 0 radical (unpaired) electrons. The summed E-state index contributed by atoms with van der Waals surface area (Å²) in [6.07, 6.45) is 5.03. The molecule has 0 unspecified atom stereocenters. The summed E-state index contributed by atoms with van der Waals surface area (Å²) >= 11 is 0. The fourth-order valence-corrected chi connectivity index (χ4v) is 3.54. The number of amides is 1. The van der Waals surface area contributed by atoms with E-state index in [0.717, 1.165) is 41.4 Å². The van der Waals surface area contributed by atoms with Crippen LogP contribution < -0.4 is 15.0 Å². The third kappa shape index (κ3) is 5.25. The molecule has 1 amide bonds. The second kappa shape index (κ2) is 10.5. The van der Waals surface area contributed by atoms with Gasteiger partial charge in [0.05, 0.1) is 11.1 Å². The summed E-state index contributed by atoms with van der Waals surface area (Å²) in [6.45, 7) is 3.73. The predicted molar refractivity (Wildman–Crippen MR) is 125 cm³/mol. The topological polar surface area (TPSA) is 86.4 Å². The van der Waals surface area contributed by atoms with E-state index < -0.39 is 0 Å². The Labute approximate surface area is 187 Å². The molecule has 0 bridgehead atoms. The number of piperazine rings is 1. The van der Waals surface area contributed by atoms with Crippen LogP contribution in [0.4, 0.5) is 5.82 Å². The van der Waals surface area contributed by atoms with Crippen molar-refractivity contribution in [1.29, 1.82) is 0 Å². The maximum absolute atomic E-state index is 12.3. The van der Waals surface area contributed by atoms with Crippen LogP contribution in [0.15, 0.2) is 54.9 Å². The highest BCUT2D eigenvalue weighted by molar-refractivity contribution is 5.90. The van der Waals surface area contributed by atoms with Gasteiger partial charge < -0.3 is 24.8 Å². The highest BCUT2D eigenvalue weighted by Crippen LogP contribution is 2.24. The molecule has 164 valence electrons. The number of nitrogens with zero attached hydrogens (tertiary/aromatic N) is 4. The van der Waals surface area contributed by atoms with Crippen molar-refractivity contribution in [1.82, 2.24) is 25.2 Å². The highest BCUT2D eigenvalue weighted by Gasteiger charge is 2.22. The van der Waals surface area contributed by atoms with Crippen molar-refractivity contribution in [2.45, 2.75) is 0 Å². The number of para-hydroxylation sites is 1. The molecule has 3 aromatic rings. The Balaban J connectivity index is 1.40. The van der Waals surface area contributed by atoms with Crippen LogP contribution >= 0.6 is 0 Å². The van der Waals surface area contributed by atoms with Crippen molar-refractivity contribution in [3.05, 3.63) is 60.6 Å². The summed E-state index contributed by atoms with van der Waals surface area (Å²) in [5.74, 6) is 7.83. The molecule has 0 saturated carbocycles. The van der Waals surface area contributed by atoms with Gasteiger partial charge in [0.15, 0.2) is 0 Å². The summed E-state index contributed by atoms with van der Waals surface area (Å²) < 4.78 is 5.62. The molecule has 0 aliphatic carbocycles. The van der Waals surface area contributed by atoms with Gasteiger partial charge in [0.1, 0.15) is 30.1 Å². The van der Waals surface area contributed by atoms with E-state index >= 15 is 0 Å². The first kappa shape index (κ1) is 21.4. The summed E-state index contributed by atoms with van der Waals surface area (Å²) in [5, 5.41) is 3.92. The van der Waals surface area contributed by atoms with Gasteiger partial charge in [-0.1, -0.05) is 30.2 Å². The Bertz CT molecular complexity index is 1140. The molecule has 4 rings (SSSR count). The van der Waals surface area contributed by atoms with Crippen molar-refractivity contribution in [3.8, 4) is 17.6 Å². The predicted octanol–water partition coefficient (Wildman–Crippen LogP) is 1.81. The Kier molecular flexibility index (Phi) is 7.00. The lowest BCUT2D eigenvalue weighted by atomic mass is 10.2. The SMILES string of the molecule is CNC/C=C/C(=O)N1CCN(c2ncnc3[nH]c(C#CCOc4ccccc4)cc23)CC1. The first-order chi connectivity index (χ1) is 15.7. The second-order valence-corrected chi connectivity index (χ2v) is 7.32. The first-order valence-corrected chi connectivity index (χ1v) is 10.6. The molecule has 1 saturated heterocycles. The monoisotopic (exact) mass is 430 g/mol. The molecule has 8 heteroatoms. The van der Waals surface area contributed by atoms with Crippen molar-refractivity contribution < 1.29 is 9.53 Å². The number of hydrogen-bond acceptors (Lipinski definition) is 6. The van der Waals surface area contributed by atoms with Gasteiger partial charge in [-0.25, -0.2) is 9.97 Å². The third-order valence-corrected chi connectivity index (χ3v) is 5.16. The van der Waals surface area contributed by atoms with Crippen molar-refractivity contribution in [2.75, 3.05) is 51.3 Å². The molecule has 1 fully saturated rings. The molecular formula is C24H26N6O2. The van der Waals surface area contributed by atoms with Crippen LogP contribution in [0.1, 0.15) is 5.69 Å². The smallest absolute Gasteiger partial charge is 0.246 e. The summed E-state index contributed by atoms with van der Waals surface area (Å²) in [4.78, 5) is 28.4. The Morgan fingerprint density at radius 1 is 1.22 bits per heavy atom. The van der Waals surface area contributed by atoms with E-state index in [4.69, 9.17) is 4.74 Å². The van der Waals surface area contributed by atoms with E-state index in [1.807, 2.05) is 54.4 Å². The number of carbonyl (C=O) groups excluding carboxylic acids is 1. The zero-order valence-electron chi connectivity index (χ0n) is 18.0. The minimum absolute atomic E-state index is 0.0460. The van der Waals surface area contributed by atoms with Crippen molar-refractivity contribution in [3.63, 3.8) is 0 Å². The highest BCUT2D eigenvalue weighted by atomic mass is 16.5. The molecule has 0 atom stereocenters. The molecule has 8 nitrogen and oxygen atoms in total. The third-order valence-electron chi connectivity index (χ3n) is 5.16. The fourth-order valence-electron chi connectivity index (χ4n) is 3.54. The van der Waals surface area contributed by atoms with Gasteiger partial charge >= 0.3 is 0 Å². The van der Waals surface area contributed by atoms with E-state index in [-0.39, 0.29) is 5.91 Å². The number of aromatic amines is 1. The van der Waals surface area contributed by atoms with Crippen LogP contribution in [0.25, 0.3) is 11.0 Å².